The molecule has 0 aliphatic heterocycles. The summed E-state index contributed by atoms with van der Waals surface area (Å²) >= 11 is 2.25. The molecule has 0 bridgehead atoms. The van der Waals surface area contributed by atoms with Crippen molar-refractivity contribution in [3.8, 4) is 0 Å². The fraction of sp³-hybridized carbons (Fsp3) is 0.278. The Bertz CT molecular complexity index is 647. The average Bonchev–Trinajstić information content (AvgIpc) is 2.51. The lowest BCUT2D eigenvalue weighted by Gasteiger charge is -2.21. The number of aliphatic hydroxyl groups is 1. The number of benzene rings is 2. The number of nitrogens with zero attached hydrogens (tertiary/aromatic N) is 1. The van der Waals surface area contributed by atoms with E-state index in [-0.39, 0.29) is 19.1 Å². The smallest absolute Gasteiger partial charge is 0.238 e. The fourth-order valence-electron chi connectivity index (χ4n) is 2.36. The zero-order chi connectivity index (χ0) is 16.7. The average molecular weight is 424 g/mol. The molecule has 0 saturated carbocycles. The Morgan fingerprint density at radius 1 is 1.22 bits per heavy atom. The number of rotatable bonds is 7. The van der Waals surface area contributed by atoms with Gasteiger partial charge in [0.05, 0.1) is 13.2 Å². The molecule has 0 aliphatic carbocycles. The van der Waals surface area contributed by atoms with Gasteiger partial charge in [-0.1, -0.05) is 30.3 Å². The summed E-state index contributed by atoms with van der Waals surface area (Å²) in [5.41, 5.74) is 3.00. The van der Waals surface area contributed by atoms with Crippen LogP contribution in [0.5, 0.6) is 0 Å². The number of amides is 1. The van der Waals surface area contributed by atoms with E-state index in [0.717, 1.165) is 20.4 Å². The van der Waals surface area contributed by atoms with Crippen molar-refractivity contribution in [3.63, 3.8) is 0 Å². The van der Waals surface area contributed by atoms with Crippen LogP contribution in [0, 0.1) is 10.5 Å². The van der Waals surface area contributed by atoms with Crippen molar-refractivity contribution in [3.05, 3.63) is 63.2 Å². The van der Waals surface area contributed by atoms with E-state index < -0.39 is 0 Å². The first-order valence-electron chi connectivity index (χ1n) is 7.51. The lowest BCUT2D eigenvalue weighted by Crippen LogP contribution is -2.35. The van der Waals surface area contributed by atoms with Crippen LogP contribution in [0.25, 0.3) is 0 Å². The largest absolute Gasteiger partial charge is 0.395 e. The molecule has 2 rings (SSSR count). The van der Waals surface area contributed by atoms with Gasteiger partial charge in [-0.15, -0.1) is 0 Å². The van der Waals surface area contributed by atoms with Crippen LogP contribution in [0.2, 0.25) is 0 Å². The summed E-state index contributed by atoms with van der Waals surface area (Å²) < 4.78 is 1.14. The van der Waals surface area contributed by atoms with Crippen LogP contribution in [0.3, 0.4) is 0 Å². The molecular formula is C18H21IN2O2. The standard InChI is InChI=1S/C18H21IN2O2/c1-14-11-16(19)7-8-17(14)20-18(23)13-21(9-10-22)12-15-5-3-2-4-6-15/h2-8,11,22H,9-10,12-13H2,1H3,(H,20,23). The van der Waals surface area contributed by atoms with Crippen LogP contribution in [0.15, 0.2) is 48.5 Å². The van der Waals surface area contributed by atoms with Crippen molar-refractivity contribution in [1.29, 1.82) is 0 Å². The third kappa shape index (κ3) is 5.93. The molecule has 0 unspecified atom stereocenters. The highest BCUT2D eigenvalue weighted by molar-refractivity contribution is 14.1. The van der Waals surface area contributed by atoms with Gasteiger partial charge >= 0.3 is 0 Å². The molecule has 0 saturated heterocycles. The number of hydrogen-bond acceptors (Lipinski definition) is 3. The number of anilines is 1. The molecule has 0 spiro atoms. The van der Waals surface area contributed by atoms with Gasteiger partial charge < -0.3 is 10.4 Å². The van der Waals surface area contributed by atoms with Crippen molar-refractivity contribution in [2.75, 3.05) is 25.0 Å². The summed E-state index contributed by atoms with van der Waals surface area (Å²) in [6.45, 7) is 3.37. The van der Waals surface area contributed by atoms with Crippen LogP contribution in [-0.4, -0.2) is 35.6 Å². The zero-order valence-electron chi connectivity index (χ0n) is 13.1. The number of nitrogens with one attached hydrogen (secondary N) is 1. The van der Waals surface area contributed by atoms with Crippen molar-refractivity contribution in [1.82, 2.24) is 4.90 Å². The first-order chi connectivity index (χ1) is 11.1. The minimum Gasteiger partial charge on any atom is -0.395 e. The van der Waals surface area contributed by atoms with E-state index in [1.165, 1.54) is 0 Å². The molecule has 0 fully saturated rings. The predicted octanol–water partition coefficient (Wildman–Crippen LogP) is 3.03. The number of carbonyl (C=O) groups excluding carboxylic acids is 1. The third-order valence-corrected chi connectivity index (χ3v) is 4.17. The van der Waals surface area contributed by atoms with Crippen molar-refractivity contribution < 1.29 is 9.90 Å². The Morgan fingerprint density at radius 3 is 2.61 bits per heavy atom. The van der Waals surface area contributed by atoms with E-state index in [1.807, 2.05) is 60.4 Å². The molecule has 0 heterocycles. The zero-order valence-corrected chi connectivity index (χ0v) is 15.3. The summed E-state index contributed by atoms with van der Waals surface area (Å²) in [6.07, 6.45) is 0. The maximum Gasteiger partial charge on any atom is 0.238 e. The second-order valence-electron chi connectivity index (χ2n) is 5.43. The molecule has 0 aliphatic rings. The SMILES string of the molecule is Cc1cc(I)ccc1NC(=O)CN(CCO)Cc1ccccc1. The highest BCUT2D eigenvalue weighted by Gasteiger charge is 2.12. The lowest BCUT2D eigenvalue weighted by atomic mass is 10.2. The summed E-state index contributed by atoms with van der Waals surface area (Å²) in [6, 6.07) is 15.9. The van der Waals surface area contributed by atoms with E-state index in [9.17, 15) is 9.90 Å². The van der Waals surface area contributed by atoms with Gasteiger partial charge in [0.15, 0.2) is 0 Å². The Labute approximate surface area is 150 Å². The molecule has 0 radical (unpaired) electrons. The second-order valence-corrected chi connectivity index (χ2v) is 6.67. The van der Waals surface area contributed by atoms with Gasteiger partial charge in [-0.2, -0.15) is 0 Å². The molecule has 1 amide bonds. The van der Waals surface area contributed by atoms with Gasteiger partial charge in [0.25, 0.3) is 0 Å². The Morgan fingerprint density at radius 2 is 1.96 bits per heavy atom. The van der Waals surface area contributed by atoms with Crippen molar-refractivity contribution >= 4 is 34.2 Å². The van der Waals surface area contributed by atoms with Gasteiger partial charge in [-0.25, -0.2) is 0 Å². The van der Waals surface area contributed by atoms with Crippen LogP contribution >= 0.6 is 22.6 Å². The predicted molar refractivity (Wildman–Crippen MR) is 101 cm³/mol. The van der Waals surface area contributed by atoms with E-state index in [4.69, 9.17) is 0 Å². The number of aryl methyl sites for hydroxylation is 1. The molecule has 0 aromatic heterocycles. The maximum atomic E-state index is 12.3. The lowest BCUT2D eigenvalue weighted by molar-refractivity contribution is -0.117. The minimum absolute atomic E-state index is 0.0304. The molecule has 122 valence electrons. The first kappa shape index (κ1) is 17.9. The molecule has 0 atom stereocenters. The monoisotopic (exact) mass is 424 g/mol. The number of halogens is 1. The molecule has 2 aromatic rings. The van der Waals surface area contributed by atoms with Crippen molar-refractivity contribution in [2.45, 2.75) is 13.5 Å². The van der Waals surface area contributed by atoms with Crippen LogP contribution in [0.1, 0.15) is 11.1 Å². The van der Waals surface area contributed by atoms with Crippen LogP contribution in [-0.2, 0) is 11.3 Å². The number of aliphatic hydroxyl groups excluding tert-OH is 1. The maximum absolute atomic E-state index is 12.3. The van der Waals surface area contributed by atoms with Crippen LogP contribution < -0.4 is 5.32 Å². The van der Waals surface area contributed by atoms with Gasteiger partial charge in [0, 0.05) is 22.3 Å². The summed E-state index contributed by atoms with van der Waals surface area (Å²) in [5.74, 6) is -0.0707. The van der Waals surface area contributed by atoms with Gasteiger partial charge in [0.1, 0.15) is 0 Å². The summed E-state index contributed by atoms with van der Waals surface area (Å²) in [4.78, 5) is 14.2. The highest BCUT2D eigenvalue weighted by atomic mass is 127. The summed E-state index contributed by atoms with van der Waals surface area (Å²) in [5, 5.41) is 12.2. The van der Waals surface area contributed by atoms with Crippen LogP contribution in [0.4, 0.5) is 5.69 Å². The van der Waals surface area contributed by atoms with Gasteiger partial charge in [0.2, 0.25) is 5.91 Å². The fourth-order valence-corrected chi connectivity index (χ4v) is 3.00. The molecule has 2 aromatic carbocycles. The topological polar surface area (TPSA) is 52.6 Å². The molecular weight excluding hydrogens is 403 g/mol. The number of carbonyl (C=O) groups is 1. The first-order valence-corrected chi connectivity index (χ1v) is 8.59. The number of hydrogen-bond donors (Lipinski definition) is 2. The van der Waals surface area contributed by atoms with E-state index >= 15 is 0 Å². The van der Waals surface area contributed by atoms with E-state index in [1.54, 1.807) is 0 Å². The summed E-state index contributed by atoms with van der Waals surface area (Å²) in [7, 11) is 0. The highest BCUT2D eigenvalue weighted by Crippen LogP contribution is 2.17. The molecule has 4 nitrogen and oxygen atoms in total. The quantitative estimate of drug-likeness (QED) is 0.672. The minimum atomic E-state index is -0.0707. The Kier molecular flexibility index (Phi) is 7.01. The Balaban J connectivity index is 1.97. The molecule has 23 heavy (non-hydrogen) atoms. The normalized spacial score (nSPS) is 10.8. The third-order valence-electron chi connectivity index (χ3n) is 3.49. The van der Waals surface area contributed by atoms with Gasteiger partial charge in [-0.05, 0) is 58.8 Å². The van der Waals surface area contributed by atoms with E-state index in [0.29, 0.717) is 13.1 Å². The van der Waals surface area contributed by atoms with E-state index in [2.05, 4.69) is 27.9 Å². The Hall–Kier alpha value is -1.44. The molecule has 2 N–H and O–H groups in total. The molecule has 5 heteroatoms. The second kappa shape index (κ2) is 9.00. The van der Waals surface area contributed by atoms with Gasteiger partial charge in [-0.3, -0.25) is 9.69 Å². The van der Waals surface area contributed by atoms with Crippen molar-refractivity contribution in [2.24, 2.45) is 0 Å².